The number of alkyl halides is 2. The fourth-order valence-corrected chi connectivity index (χ4v) is 5.92. The molecule has 5 heterocycles. The number of ether oxygens (including phenoxy) is 3. The van der Waals surface area contributed by atoms with Gasteiger partial charge in [-0.2, -0.15) is 13.9 Å². The Hall–Kier alpha value is -5.09. The summed E-state index contributed by atoms with van der Waals surface area (Å²) in [6.45, 7) is 0.937. The monoisotopic (exact) mass is 637 g/mol. The number of imidazole rings is 2. The van der Waals surface area contributed by atoms with Crippen molar-refractivity contribution in [1.29, 1.82) is 0 Å². The molecule has 0 aliphatic heterocycles. The average molecular weight is 638 g/mol. The van der Waals surface area contributed by atoms with Crippen LogP contribution in [0.25, 0.3) is 32.3 Å². The van der Waals surface area contributed by atoms with Crippen LogP contribution in [0.5, 0.6) is 16.7 Å². The maximum absolute atomic E-state index is 13.6. The third-order valence-electron chi connectivity index (χ3n) is 6.49. The first-order valence-corrected chi connectivity index (χ1v) is 14.6. The number of rotatable bonds is 9. The fourth-order valence-electron chi connectivity index (χ4n) is 4.41. The Kier molecular flexibility index (Phi) is 6.66. The lowest BCUT2D eigenvalue weighted by Gasteiger charge is -2.10. The fraction of sp³-hybridized carbons (Fsp3) is 0.179. The minimum absolute atomic E-state index is 0.0541. The molecule has 0 fully saturated rings. The summed E-state index contributed by atoms with van der Waals surface area (Å²) in [5.41, 5.74) is 2.50. The largest absolute Gasteiger partial charge is 0.496 e. The van der Waals surface area contributed by atoms with Crippen LogP contribution in [0.15, 0.2) is 59.3 Å². The van der Waals surface area contributed by atoms with Crippen molar-refractivity contribution >= 4 is 55.2 Å². The first-order chi connectivity index (χ1) is 21.2. The summed E-state index contributed by atoms with van der Waals surface area (Å²) < 4.78 is 52.8. The van der Waals surface area contributed by atoms with Gasteiger partial charge in [0, 0.05) is 24.7 Å². The van der Waals surface area contributed by atoms with Crippen molar-refractivity contribution in [3.05, 3.63) is 71.1 Å². The SMILES string of the molecule is COc1cc(OCc2cccc(NC(=O)c3cn4nc(C(C)(F)F)sc4n3)c2)c2cc(-c3cn4nc(OC)sc4n3)oc2c1. The summed E-state index contributed by atoms with van der Waals surface area (Å²) in [4.78, 5) is 22.4. The molecule has 0 radical (unpaired) electrons. The van der Waals surface area contributed by atoms with E-state index in [1.165, 1.54) is 22.0 Å². The minimum Gasteiger partial charge on any atom is -0.496 e. The van der Waals surface area contributed by atoms with Crippen molar-refractivity contribution in [3.63, 3.8) is 0 Å². The van der Waals surface area contributed by atoms with E-state index in [0.29, 0.717) is 44.4 Å². The zero-order valence-electron chi connectivity index (χ0n) is 23.2. The zero-order chi connectivity index (χ0) is 30.6. The number of nitrogens with zero attached hydrogens (tertiary/aromatic N) is 6. The van der Waals surface area contributed by atoms with E-state index < -0.39 is 11.8 Å². The van der Waals surface area contributed by atoms with E-state index in [2.05, 4.69) is 25.5 Å². The number of halogens is 2. The second-order valence-corrected chi connectivity index (χ2v) is 11.5. The lowest BCUT2D eigenvalue weighted by atomic mass is 10.2. The molecule has 5 aromatic heterocycles. The van der Waals surface area contributed by atoms with E-state index in [1.807, 2.05) is 12.1 Å². The maximum Gasteiger partial charge on any atom is 0.298 e. The highest BCUT2D eigenvalue weighted by Gasteiger charge is 2.30. The summed E-state index contributed by atoms with van der Waals surface area (Å²) in [5.74, 6) is -1.97. The molecule has 0 spiro atoms. The minimum atomic E-state index is -3.09. The number of nitrogens with one attached hydrogen (secondary N) is 1. The number of carbonyl (C=O) groups is 1. The number of aromatic nitrogens is 6. The van der Waals surface area contributed by atoms with Gasteiger partial charge in [0.1, 0.15) is 35.1 Å². The van der Waals surface area contributed by atoms with E-state index in [9.17, 15) is 13.6 Å². The normalized spacial score (nSPS) is 11.9. The quantitative estimate of drug-likeness (QED) is 0.195. The van der Waals surface area contributed by atoms with Gasteiger partial charge in [-0.25, -0.2) is 19.0 Å². The number of benzene rings is 2. The Labute approximate surface area is 254 Å². The summed E-state index contributed by atoms with van der Waals surface area (Å²) in [6, 6.07) is 12.5. The van der Waals surface area contributed by atoms with Gasteiger partial charge >= 0.3 is 0 Å². The molecule has 16 heteroatoms. The molecule has 0 saturated heterocycles. The number of amides is 1. The van der Waals surface area contributed by atoms with Crippen LogP contribution in [0, 0.1) is 0 Å². The van der Waals surface area contributed by atoms with Crippen LogP contribution in [0.2, 0.25) is 0 Å². The third kappa shape index (κ3) is 5.17. The molecule has 7 rings (SSSR count). The average Bonchev–Trinajstić information content (AvgIpc) is 3.79. The second-order valence-electron chi connectivity index (χ2n) is 9.67. The number of carbonyl (C=O) groups excluding carboxylic acids is 1. The highest BCUT2D eigenvalue weighted by Crippen LogP contribution is 2.38. The van der Waals surface area contributed by atoms with E-state index >= 15 is 0 Å². The number of furan rings is 1. The van der Waals surface area contributed by atoms with Gasteiger partial charge in [-0.1, -0.05) is 23.5 Å². The molecule has 44 heavy (non-hydrogen) atoms. The van der Waals surface area contributed by atoms with Gasteiger partial charge in [-0.3, -0.25) is 4.79 Å². The summed E-state index contributed by atoms with van der Waals surface area (Å²) >= 11 is 2.04. The Balaban J connectivity index is 1.08. The lowest BCUT2D eigenvalue weighted by Crippen LogP contribution is -2.13. The molecule has 0 bridgehead atoms. The molecule has 0 aliphatic rings. The van der Waals surface area contributed by atoms with E-state index in [-0.39, 0.29) is 22.3 Å². The van der Waals surface area contributed by atoms with Gasteiger partial charge in [-0.15, -0.1) is 5.10 Å². The van der Waals surface area contributed by atoms with Crippen LogP contribution in [-0.2, 0) is 12.5 Å². The molecule has 1 N–H and O–H groups in total. The Morgan fingerprint density at radius 3 is 2.59 bits per heavy atom. The van der Waals surface area contributed by atoms with Crippen molar-refractivity contribution in [1.82, 2.24) is 29.2 Å². The van der Waals surface area contributed by atoms with Crippen molar-refractivity contribution in [2.24, 2.45) is 0 Å². The number of methoxy groups -OCH3 is 2. The van der Waals surface area contributed by atoms with Crippen LogP contribution in [0.3, 0.4) is 0 Å². The van der Waals surface area contributed by atoms with Gasteiger partial charge in [0.05, 0.1) is 32.0 Å². The maximum atomic E-state index is 13.6. The molecule has 7 aromatic rings. The molecular formula is C28H21F2N7O5S2. The van der Waals surface area contributed by atoms with Crippen molar-refractivity contribution in [3.8, 4) is 28.1 Å². The number of hydrogen-bond acceptors (Lipinski definition) is 11. The molecule has 12 nitrogen and oxygen atoms in total. The summed E-state index contributed by atoms with van der Waals surface area (Å²) in [7, 11) is 3.11. The molecule has 0 atom stereocenters. The van der Waals surface area contributed by atoms with E-state index in [0.717, 1.165) is 29.2 Å². The topological polar surface area (TPSA) is 130 Å². The van der Waals surface area contributed by atoms with Crippen molar-refractivity contribution in [2.75, 3.05) is 19.5 Å². The third-order valence-corrected chi connectivity index (χ3v) is 8.47. The number of fused-ring (bicyclic) bond motifs is 3. The second kappa shape index (κ2) is 10.6. The van der Waals surface area contributed by atoms with Gasteiger partial charge < -0.3 is 23.9 Å². The first kappa shape index (κ1) is 27.7. The molecule has 0 unspecified atom stereocenters. The van der Waals surface area contributed by atoms with Crippen LogP contribution < -0.4 is 19.5 Å². The lowest BCUT2D eigenvalue weighted by molar-refractivity contribution is 0.0163. The predicted molar refractivity (Wildman–Crippen MR) is 158 cm³/mol. The van der Waals surface area contributed by atoms with Crippen molar-refractivity contribution < 1.29 is 32.2 Å². The Morgan fingerprint density at radius 1 is 1.02 bits per heavy atom. The van der Waals surface area contributed by atoms with Crippen LogP contribution >= 0.6 is 22.7 Å². The molecule has 0 aliphatic carbocycles. The number of anilines is 1. The van der Waals surface area contributed by atoms with E-state index in [4.69, 9.17) is 18.6 Å². The zero-order valence-corrected chi connectivity index (χ0v) is 24.8. The Morgan fingerprint density at radius 2 is 1.84 bits per heavy atom. The highest BCUT2D eigenvalue weighted by atomic mass is 32.1. The molecule has 1 amide bonds. The van der Waals surface area contributed by atoms with Crippen LogP contribution in [-0.4, -0.2) is 49.3 Å². The molecule has 2 aromatic carbocycles. The smallest absolute Gasteiger partial charge is 0.298 e. The van der Waals surface area contributed by atoms with Crippen molar-refractivity contribution in [2.45, 2.75) is 19.5 Å². The standard InChI is InChI=1S/C28H21F2N7O5S2/c1-28(29,30)24-34-36-12-19(33-25(36)43-24)23(38)31-15-6-4-5-14(7-15)13-41-20-8-16(39-2)9-21-17(20)10-22(42-21)18-11-37-26(32-18)44-27(35-37)40-3/h4-12H,13H2,1-3H3,(H,31,38). The van der Waals surface area contributed by atoms with Gasteiger partial charge in [0.2, 0.25) is 9.92 Å². The van der Waals surface area contributed by atoms with Gasteiger partial charge in [-0.05, 0) is 35.1 Å². The molecule has 224 valence electrons. The van der Waals surface area contributed by atoms with Gasteiger partial charge in [0.15, 0.2) is 10.8 Å². The molecular weight excluding hydrogens is 616 g/mol. The first-order valence-electron chi connectivity index (χ1n) is 13.0. The van der Waals surface area contributed by atoms with Crippen LogP contribution in [0.1, 0.15) is 28.0 Å². The predicted octanol–water partition coefficient (Wildman–Crippen LogP) is 6.27. The molecule has 0 saturated carbocycles. The highest BCUT2D eigenvalue weighted by molar-refractivity contribution is 7.18. The summed E-state index contributed by atoms with van der Waals surface area (Å²) in [6.07, 6.45) is 3.07. The Bertz CT molecular complexity index is 2110. The van der Waals surface area contributed by atoms with Gasteiger partial charge in [0.25, 0.3) is 17.0 Å². The number of hydrogen-bond donors (Lipinski definition) is 1. The van der Waals surface area contributed by atoms with Crippen LogP contribution in [0.4, 0.5) is 14.5 Å². The van der Waals surface area contributed by atoms with E-state index in [1.54, 1.807) is 55.3 Å². The summed E-state index contributed by atoms with van der Waals surface area (Å²) in [5, 5.41) is 11.8.